The number of hydrogen-bond acceptors (Lipinski definition) is 6. The lowest BCUT2D eigenvalue weighted by Gasteiger charge is -2.07. The Bertz CT molecular complexity index is 1160. The van der Waals surface area contributed by atoms with Gasteiger partial charge in [-0.25, -0.2) is 9.97 Å². The van der Waals surface area contributed by atoms with E-state index < -0.39 is 0 Å². The average molecular weight is 368 g/mol. The molecule has 25 heavy (non-hydrogen) atoms. The van der Waals surface area contributed by atoms with Crippen LogP contribution in [0.5, 0.6) is 0 Å². The first-order valence-electron chi connectivity index (χ1n) is 7.87. The third-order valence-electron chi connectivity index (χ3n) is 3.98. The number of hydrogen-bond donors (Lipinski definition) is 0. The fourth-order valence-corrected chi connectivity index (χ4v) is 4.66. The molecule has 0 bridgehead atoms. The first-order chi connectivity index (χ1) is 12.0. The molecule has 126 valence electrons. The first-order valence-corrected chi connectivity index (χ1v) is 9.67. The van der Waals surface area contributed by atoms with Crippen molar-refractivity contribution in [2.24, 2.45) is 0 Å². The number of benzene rings is 1. The molecule has 0 spiro atoms. The minimum absolute atomic E-state index is 0.134. The van der Waals surface area contributed by atoms with E-state index in [4.69, 9.17) is 4.98 Å². The molecule has 4 rings (SSSR count). The van der Waals surface area contributed by atoms with Crippen molar-refractivity contribution in [1.82, 2.24) is 19.6 Å². The molecule has 0 aliphatic rings. The van der Waals surface area contributed by atoms with Crippen LogP contribution in [0.3, 0.4) is 0 Å². The lowest BCUT2D eigenvalue weighted by molar-refractivity contribution is 0.870. The minimum atomic E-state index is -0.134. The van der Waals surface area contributed by atoms with E-state index in [0.29, 0.717) is 10.7 Å². The summed E-state index contributed by atoms with van der Waals surface area (Å²) in [6, 6.07) is 9.85. The van der Waals surface area contributed by atoms with Gasteiger partial charge in [0.1, 0.15) is 5.01 Å². The second-order valence-corrected chi connectivity index (χ2v) is 8.00. The van der Waals surface area contributed by atoms with Gasteiger partial charge in [-0.15, -0.1) is 0 Å². The van der Waals surface area contributed by atoms with Crippen molar-refractivity contribution in [2.75, 3.05) is 0 Å². The van der Waals surface area contributed by atoms with Gasteiger partial charge in [-0.2, -0.15) is 9.61 Å². The number of rotatable bonds is 3. The van der Waals surface area contributed by atoms with Crippen LogP contribution >= 0.6 is 23.1 Å². The number of aromatic nitrogens is 4. The first kappa shape index (κ1) is 16.2. The summed E-state index contributed by atoms with van der Waals surface area (Å²) >= 11 is 3.08. The quantitative estimate of drug-likeness (QED) is 0.513. The predicted molar refractivity (Wildman–Crippen MR) is 103 cm³/mol. The third-order valence-corrected chi connectivity index (χ3v) is 6.00. The van der Waals surface area contributed by atoms with Gasteiger partial charge in [-0.1, -0.05) is 41.3 Å². The van der Waals surface area contributed by atoms with Gasteiger partial charge in [0.25, 0.3) is 5.56 Å². The molecule has 0 amide bonds. The summed E-state index contributed by atoms with van der Waals surface area (Å²) in [5.41, 5.74) is 4.02. The van der Waals surface area contributed by atoms with Gasteiger partial charge in [-0.05, 0) is 38.0 Å². The van der Waals surface area contributed by atoms with E-state index in [0.717, 1.165) is 21.2 Å². The van der Waals surface area contributed by atoms with Crippen LogP contribution in [-0.4, -0.2) is 19.6 Å². The maximum Gasteiger partial charge on any atom is 0.275 e. The maximum absolute atomic E-state index is 12.0. The summed E-state index contributed by atoms with van der Waals surface area (Å²) in [6.45, 7) is 6.01. The molecule has 3 heterocycles. The van der Waals surface area contributed by atoms with E-state index in [1.807, 2.05) is 6.92 Å². The van der Waals surface area contributed by atoms with Crippen LogP contribution in [0.25, 0.3) is 15.9 Å². The van der Waals surface area contributed by atoms with Crippen molar-refractivity contribution in [1.29, 1.82) is 0 Å². The zero-order valence-electron chi connectivity index (χ0n) is 14.1. The summed E-state index contributed by atoms with van der Waals surface area (Å²) in [7, 11) is 0. The van der Waals surface area contributed by atoms with E-state index in [9.17, 15) is 4.79 Å². The van der Waals surface area contributed by atoms with Gasteiger partial charge in [0, 0.05) is 17.1 Å². The molecule has 0 aliphatic carbocycles. The number of aryl methyl sites for hydroxylation is 3. The molecule has 3 aromatic heterocycles. The molecule has 4 aromatic rings. The topological polar surface area (TPSA) is 60.2 Å². The van der Waals surface area contributed by atoms with Crippen LogP contribution in [0.4, 0.5) is 0 Å². The predicted octanol–water partition coefficient (Wildman–Crippen LogP) is 3.92. The zero-order chi connectivity index (χ0) is 17.6. The van der Waals surface area contributed by atoms with Gasteiger partial charge in [0.15, 0.2) is 0 Å². The molecular weight excluding hydrogens is 352 g/mol. The van der Waals surface area contributed by atoms with Crippen molar-refractivity contribution in [3.05, 3.63) is 62.5 Å². The van der Waals surface area contributed by atoms with Crippen LogP contribution in [0.1, 0.15) is 21.8 Å². The summed E-state index contributed by atoms with van der Waals surface area (Å²) in [4.78, 5) is 21.8. The molecular formula is C18H16N4OS2. The smallest absolute Gasteiger partial charge is 0.267 e. The summed E-state index contributed by atoms with van der Waals surface area (Å²) < 4.78 is 1.37. The molecule has 0 aliphatic heterocycles. The minimum Gasteiger partial charge on any atom is -0.267 e. The second kappa shape index (κ2) is 6.24. The Morgan fingerprint density at radius 2 is 1.96 bits per heavy atom. The Balaban J connectivity index is 1.65. The highest BCUT2D eigenvalue weighted by Gasteiger charge is 2.10. The van der Waals surface area contributed by atoms with Crippen LogP contribution < -0.4 is 5.56 Å². The molecule has 0 saturated carbocycles. The van der Waals surface area contributed by atoms with Crippen molar-refractivity contribution in [2.45, 2.75) is 31.6 Å². The second-order valence-electron chi connectivity index (χ2n) is 5.96. The SMILES string of the molecule is Cc1cc(=O)n2nc(CSc3cc(C)c4cccc(C)c4n3)sc2n1. The highest BCUT2D eigenvalue weighted by molar-refractivity contribution is 7.98. The zero-order valence-corrected chi connectivity index (χ0v) is 15.7. The average Bonchev–Trinajstić information content (AvgIpc) is 2.97. The highest BCUT2D eigenvalue weighted by atomic mass is 32.2. The van der Waals surface area contributed by atoms with Crippen LogP contribution in [-0.2, 0) is 5.75 Å². The van der Waals surface area contributed by atoms with Crippen LogP contribution in [0, 0.1) is 20.8 Å². The Morgan fingerprint density at radius 1 is 1.12 bits per heavy atom. The van der Waals surface area contributed by atoms with Crippen molar-refractivity contribution in [3.8, 4) is 0 Å². The number of pyridine rings is 1. The fourth-order valence-electron chi connectivity index (χ4n) is 2.76. The van der Waals surface area contributed by atoms with E-state index in [1.165, 1.54) is 38.4 Å². The van der Waals surface area contributed by atoms with Gasteiger partial charge in [0.05, 0.1) is 16.3 Å². The van der Waals surface area contributed by atoms with Gasteiger partial charge < -0.3 is 0 Å². The summed E-state index contributed by atoms with van der Waals surface area (Å²) in [6.07, 6.45) is 0. The fraction of sp³-hybridized carbons (Fsp3) is 0.222. The Hall–Kier alpha value is -2.25. The van der Waals surface area contributed by atoms with Crippen molar-refractivity contribution < 1.29 is 0 Å². The summed E-state index contributed by atoms with van der Waals surface area (Å²) in [5, 5.41) is 7.41. The molecule has 0 unspecified atom stereocenters. The molecule has 0 fully saturated rings. The standard InChI is InChI=1S/C18H16N4OS2/c1-10-5-4-6-13-11(2)7-14(20-17(10)13)24-9-15-21-22-16(23)8-12(3)19-18(22)25-15/h4-8H,9H2,1-3H3. The van der Waals surface area contributed by atoms with E-state index >= 15 is 0 Å². The monoisotopic (exact) mass is 368 g/mol. The largest absolute Gasteiger partial charge is 0.275 e. The van der Waals surface area contributed by atoms with Crippen molar-refractivity contribution >= 4 is 39.0 Å². The lowest BCUT2D eigenvalue weighted by atomic mass is 10.1. The Kier molecular flexibility index (Phi) is 4.05. The van der Waals surface area contributed by atoms with Crippen molar-refractivity contribution in [3.63, 3.8) is 0 Å². The number of fused-ring (bicyclic) bond motifs is 2. The normalized spacial score (nSPS) is 11.5. The number of nitrogens with zero attached hydrogens (tertiary/aromatic N) is 4. The Morgan fingerprint density at radius 3 is 2.80 bits per heavy atom. The highest BCUT2D eigenvalue weighted by Crippen LogP contribution is 2.28. The van der Waals surface area contributed by atoms with E-state index in [2.05, 4.69) is 48.2 Å². The van der Waals surface area contributed by atoms with Crippen LogP contribution in [0.2, 0.25) is 0 Å². The van der Waals surface area contributed by atoms with Crippen LogP contribution in [0.15, 0.2) is 40.2 Å². The Labute approximate surface area is 152 Å². The molecule has 0 radical (unpaired) electrons. The number of thioether (sulfide) groups is 1. The summed E-state index contributed by atoms with van der Waals surface area (Å²) in [5.74, 6) is 0.663. The molecule has 0 saturated heterocycles. The third kappa shape index (κ3) is 3.05. The molecule has 0 N–H and O–H groups in total. The lowest BCUT2D eigenvalue weighted by Crippen LogP contribution is -2.14. The van der Waals surface area contributed by atoms with E-state index in [1.54, 1.807) is 11.8 Å². The molecule has 7 heteroatoms. The van der Waals surface area contributed by atoms with Gasteiger partial charge >= 0.3 is 0 Å². The molecule has 0 atom stereocenters. The van der Waals surface area contributed by atoms with Gasteiger partial charge in [-0.3, -0.25) is 4.79 Å². The number of para-hydroxylation sites is 1. The van der Waals surface area contributed by atoms with E-state index in [-0.39, 0.29) is 5.56 Å². The van der Waals surface area contributed by atoms with Gasteiger partial charge in [0.2, 0.25) is 4.96 Å². The molecule has 1 aromatic carbocycles. The molecule has 5 nitrogen and oxygen atoms in total. The maximum atomic E-state index is 12.0.